The molecule has 1 heterocycles. The van der Waals surface area contributed by atoms with Crippen molar-refractivity contribution in [1.29, 1.82) is 0 Å². The molecule has 11 heavy (non-hydrogen) atoms. The van der Waals surface area contributed by atoms with E-state index in [0.29, 0.717) is 5.92 Å². The zero-order chi connectivity index (χ0) is 8.27. The van der Waals surface area contributed by atoms with Crippen LogP contribution in [0.1, 0.15) is 26.7 Å². The van der Waals surface area contributed by atoms with E-state index in [4.69, 9.17) is 9.84 Å². The third-order valence-corrected chi connectivity index (χ3v) is 2.55. The summed E-state index contributed by atoms with van der Waals surface area (Å²) in [4.78, 5) is 0. The van der Waals surface area contributed by atoms with Crippen LogP contribution in [-0.2, 0) is 4.74 Å². The predicted molar refractivity (Wildman–Crippen MR) is 44.4 cm³/mol. The fraction of sp³-hybridized carbons (Fsp3) is 1.00. The Balaban J connectivity index is 2.24. The molecule has 0 amide bonds. The van der Waals surface area contributed by atoms with Gasteiger partial charge >= 0.3 is 0 Å². The van der Waals surface area contributed by atoms with Crippen molar-refractivity contribution in [2.75, 3.05) is 13.2 Å². The van der Waals surface area contributed by atoms with Crippen LogP contribution in [0.2, 0.25) is 0 Å². The molecule has 1 saturated heterocycles. The quantitative estimate of drug-likeness (QED) is 0.658. The number of rotatable bonds is 2. The number of ether oxygens (including phenoxy) is 1. The first-order valence-corrected chi connectivity index (χ1v) is 4.46. The van der Waals surface area contributed by atoms with Crippen molar-refractivity contribution >= 4 is 0 Å². The first-order chi connectivity index (χ1) is 5.24. The second-order valence-corrected chi connectivity index (χ2v) is 3.72. The molecule has 0 bridgehead atoms. The molecule has 0 aromatic rings. The van der Waals surface area contributed by atoms with Crippen molar-refractivity contribution in [2.45, 2.75) is 32.8 Å². The number of hydrogen-bond acceptors (Lipinski definition) is 2. The Kier molecular flexibility index (Phi) is 3.34. The summed E-state index contributed by atoms with van der Waals surface area (Å²) < 4.78 is 5.45. The van der Waals surface area contributed by atoms with E-state index in [0.717, 1.165) is 18.9 Å². The van der Waals surface area contributed by atoms with Gasteiger partial charge in [-0.3, -0.25) is 0 Å². The Hall–Kier alpha value is -0.0800. The summed E-state index contributed by atoms with van der Waals surface area (Å²) in [5.74, 6) is 1.42. The topological polar surface area (TPSA) is 29.5 Å². The van der Waals surface area contributed by atoms with E-state index < -0.39 is 0 Å². The largest absolute Gasteiger partial charge is 0.394 e. The number of aliphatic hydroxyl groups excluding tert-OH is 1. The summed E-state index contributed by atoms with van der Waals surface area (Å²) in [5.41, 5.74) is 0. The van der Waals surface area contributed by atoms with Gasteiger partial charge in [-0.05, 0) is 24.7 Å². The van der Waals surface area contributed by atoms with E-state index in [1.54, 1.807) is 0 Å². The summed E-state index contributed by atoms with van der Waals surface area (Å²) >= 11 is 0. The van der Waals surface area contributed by atoms with Crippen LogP contribution in [0.5, 0.6) is 0 Å². The summed E-state index contributed by atoms with van der Waals surface area (Å²) in [7, 11) is 0. The van der Waals surface area contributed by atoms with Crippen molar-refractivity contribution in [3.63, 3.8) is 0 Å². The molecular formula is C9H18O2. The van der Waals surface area contributed by atoms with Crippen LogP contribution < -0.4 is 0 Å². The van der Waals surface area contributed by atoms with Crippen LogP contribution >= 0.6 is 0 Å². The average molecular weight is 158 g/mol. The smallest absolute Gasteiger partial charge is 0.0806 e. The minimum absolute atomic E-state index is 0.116. The Labute approximate surface area is 68.6 Å². The minimum Gasteiger partial charge on any atom is -0.394 e. The molecule has 1 N–H and O–H groups in total. The minimum atomic E-state index is 0.116. The van der Waals surface area contributed by atoms with E-state index in [-0.39, 0.29) is 12.7 Å². The van der Waals surface area contributed by atoms with Gasteiger partial charge in [0.15, 0.2) is 0 Å². The first-order valence-electron chi connectivity index (χ1n) is 4.46. The molecule has 2 nitrogen and oxygen atoms in total. The summed E-state index contributed by atoms with van der Waals surface area (Å²) in [6.07, 6.45) is 2.35. The Morgan fingerprint density at radius 1 is 1.45 bits per heavy atom. The van der Waals surface area contributed by atoms with Crippen LogP contribution in [0.3, 0.4) is 0 Å². The van der Waals surface area contributed by atoms with E-state index in [9.17, 15) is 0 Å². The van der Waals surface area contributed by atoms with Gasteiger partial charge in [-0.1, -0.05) is 13.8 Å². The van der Waals surface area contributed by atoms with Gasteiger partial charge in [0.2, 0.25) is 0 Å². The van der Waals surface area contributed by atoms with Crippen LogP contribution in [0.25, 0.3) is 0 Å². The lowest BCUT2D eigenvalue weighted by Gasteiger charge is -2.30. The zero-order valence-corrected chi connectivity index (χ0v) is 7.42. The molecule has 1 aliphatic heterocycles. The summed E-state index contributed by atoms with van der Waals surface area (Å²) in [5, 5.41) is 8.79. The molecule has 1 aliphatic rings. The van der Waals surface area contributed by atoms with Gasteiger partial charge in [0.05, 0.1) is 19.3 Å². The first kappa shape index (κ1) is 9.01. The molecule has 1 fully saturated rings. The van der Waals surface area contributed by atoms with E-state index in [2.05, 4.69) is 13.8 Å². The van der Waals surface area contributed by atoms with Gasteiger partial charge in [-0.2, -0.15) is 0 Å². The summed E-state index contributed by atoms with van der Waals surface area (Å²) in [6.45, 7) is 5.48. The van der Waals surface area contributed by atoms with Crippen LogP contribution in [0.4, 0.5) is 0 Å². The van der Waals surface area contributed by atoms with Crippen molar-refractivity contribution in [3.05, 3.63) is 0 Å². The van der Waals surface area contributed by atoms with Crippen molar-refractivity contribution < 1.29 is 9.84 Å². The second-order valence-electron chi connectivity index (χ2n) is 3.72. The average Bonchev–Trinajstić information content (AvgIpc) is 2.05. The van der Waals surface area contributed by atoms with Gasteiger partial charge in [-0.25, -0.2) is 0 Å². The molecule has 66 valence electrons. The maximum Gasteiger partial charge on any atom is 0.0806 e. The predicted octanol–water partition coefficient (Wildman–Crippen LogP) is 1.43. The zero-order valence-electron chi connectivity index (χ0n) is 7.42. The maximum atomic E-state index is 8.79. The van der Waals surface area contributed by atoms with Crippen molar-refractivity contribution in [3.8, 4) is 0 Å². The molecule has 2 atom stereocenters. The standard InChI is InChI=1S/C9H18O2/c1-7(2)8-3-4-9(5-10)11-6-8/h7-10H,3-6H2,1-2H3/t8-,9+/m1/s1. The molecule has 1 rings (SSSR count). The lowest BCUT2D eigenvalue weighted by Crippen LogP contribution is -2.30. The molecule has 0 aliphatic carbocycles. The van der Waals surface area contributed by atoms with Crippen molar-refractivity contribution in [1.82, 2.24) is 0 Å². The Morgan fingerprint density at radius 2 is 2.18 bits per heavy atom. The highest BCUT2D eigenvalue weighted by Crippen LogP contribution is 2.24. The molecular weight excluding hydrogens is 140 g/mol. The molecule has 0 aromatic carbocycles. The van der Waals surface area contributed by atoms with E-state index >= 15 is 0 Å². The normalized spacial score (nSPS) is 32.7. The second kappa shape index (κ2) is 4.07. The number of aliphatic hydroxyl groups is 1. The molecule has 0 unspecified atom stereocenters. The fourth-order valence-corrected chi connectivity index (χ4v) is 1.50. The van der Waals surface area contributed by atoms with Gasteiger partial charge in [0, 0.05) is 0 Å². The SMILES string of the molecule is CC(C)[C@@H]1CC[C@@H](CO)OC1. The van der Waals surface area contributed by atoms with Crippen LogP contribution in [0.15, 0.2) is 0 Å². The lowest BCUT2D eigenvalue weighted by molar-refractivity contribution is -0.0519. The molecule has 0 saturated carbocycles. The number of hydrogen-bond donors (Lipinski definition) is 1. The van der Waals surface area contributed by atoms with Gasteiger partial charge in [-0.15, -0.1) is 0 Å². The van der Waals surface area contributed by atoms with Crippen LogP contribution in [0, 0.1) is 11.8 Å². The van der Waals surface area contributed by atoms with Gasteiger partial charge < -0.3 is 9.84 Å². The highest BCUT2D eigenvalue weighted by atomic mass is 16.5. The van der Waals surface area contributed by atoms with Crippen LogP contribution in [-0.4, -0.2) is 24.4 Å². The fourth-order valence-electron chi connectivity index (χ4n) is 1.50. The van der Waals surface area contributed by atoms with E-state index in [1.807, 2.05) is 0 Å². The third-order valence-electron chi connectivity index (χ3n) is 2.55. The lowest BCUT2D eigenvalue weighted by atomic mass is 9.89. The molecule has 0 spiro atoms. The third kappa shape index (κ3) is 2.46. The molecule has 0 aromatic heterocycles. The monoisotopic (exact) mass is 158 g/mol. The van der Waals surface area contributed by atoms with Gasteiger partial charge in [0.1, 0.15) is 0 Å². The van der Waals surface area contributed by atoms with E-state index in [1.165, 1.54) is 6.42 Å². The summed E-state index contributed by atoms with van der Waals surface area (Å²) in [6, 6.07) is 0. The molecule has 2 heteroatoms. The van der Waals surface area contributed by atoms with Crippen molar-refractivity contribution in [2.24, 2.45) is 11.8 Å². The maximum absolute atomic E-state index is 8.79. The van der Waals surface area contributed by atoms with Gasteiger partial charge in [0.25, 0.3) is 0 Å². The molecule has 0 radical (unpaired) electrons. The highest BCUT2D eigenvalue weighted by Gasteiger charge is 2.22. The highest BCUT2D eigenvalue weighted by molar-refractivity contribution is 4.71. The Bertz CT molecular complexity index is 104. The Morgan fingerprint density at radius 3 is 2.55 bits per heavy atom.